The van der Waals surface area contributed by atoms with Crippen LogP contribution in [-0.4, -0.2) is 18.0 Å². The van der Waals surface area contributed by atoms with Crippen molar-refractivity contribution in [1.29, 1.82) is 0 Å². The Morgan fingerprint density at radius 2 is 2.14 bits per heavy atom. The fraction of sp³-hybridized carbons (Fsp3) is 0.0769. The van der Waals surface area contributed by atoms with E-state index in [0.29, 0.717) is 26.3 Å². The van der Waals surface area contributed by atoms with E-state index < -0.39 is 0 Å². The zero-order valence-corrected chi connectivity index (χ0v) is 15.1. The standard InChI is InChI=1S/C13H9BrClN3O2S2/c1-20-7-3-2-6(15)11-10(7)16-13(22-11)18-17-12(19)8-4-5-9(14)21-8/h2-5H,1H3,(H,16,18)(H,17,19). The van der Waals surface area contributed by atoms with Gasteiger partial charge in [0.05, 0.1) is 25.5 Å². The van der Waals surface area contributed by atoms with Crippen molar-refractivity contribution in [3.63, 3.8) is 0 Å². The number of rotatable bonds is 4. The first-order chi connectivity index (χ1) is 10.6. The number of thiophene rings is 1. The molecule has 0 spiro atoms. The number of hydrogen-bond donors (Lipinski definition) is 2. The molecule has 1 aromatic carbocycles. The summed E-state index contributed by atoms with van der Waals surface area (Å²) in [5.41, 5.74) is 6.08. The van der Waals surface area contributed by atoms with Gasteiger partial charge in [0.25, 0.3) is 5.91 Å². The second kappa shape index (κ2) is 6.41. The molecular formula is C13H9BrClN3O2S2. The van der Waals surface area contributed by atoms with Crippen LogP contribution in [0.3, 0.4) is 0 Å². The Kier molecular flexibility index (Phi) is 4.53. The average Bonchev–Trinajstić information content (AvgIpc) is 3.12. The lowest BCUT2D eigenvalue weighted by Crippen LogP contribution is -2.28. The van der Waals surface area contributed by atoms with Crippen molar-refractivity contribution < 1.29 is 9.53 Å². The Morgan fingerprint density at radius 3 is 2.82 bits per heavy atom. The average molecular weight is 419 g/mol. The maximum atomic E-state index is 12.0. The van der Waals surface area contributed by atoms with Crippen LogP contribution in [0.15, 0.2) is 28.1 Å². The van der Waals surface area contributed by atoms with E-state index >= 15 is 0 Å². The van der Waals surface area contributed by atoms with Gasteiger partial charge in [-0.3, -0.25) is 15.6 Å². The molecule has 1 amide bonds. The molecule has 3 rings (SSSR count). The van der Waals surface area contributed by atoms with E-state index in [1.807, 2.05) is 6.07 Å². The van der Waals surface area contributed by atoms with Crippen molar-refractivity contribution in [1.82, 2.24) is 10.4 Å². The smallest absolute Gasteiger partial charge is 0.279 e. The Balaban J connectivity index is 1.80. The summed E-state index contributed by atoms with van der Waals surface area (Å²) in [6.07, 6.45) is 0. The van der Waals surface area contributed by atoms with Crippen molar-refractivity contribution in [3.8, 4) is 5.75 Å². The van der Waals surface area contributed by atoms with Crippen molar-refractivity contribution in [2.75, 3.05) is 12.5 Å². The van der Waals surface area contributed by atoms with Gasteiger partial charge in [0, 0.05) is 0 Å². The topological polar surface area (TPSA) is 63.2 Å². The van der Waals surface area contributed by atoms with E-state index in [1.54, 1.807) is 25.3 Å². The second-order valence-corrected chi connectivity index (χ2v) is 8.00. The van der Waals surface area contributed by atoms with Crippen molar-refractivity contribution in [2.24, 2.45) is 0 Å². The number of nitrogens with zero attached hydrogens (tertiary/aromatic N) is 1. The Hall–Kier alpha value is -1.35. The second-order valence-electron chi connectivity index (χ2n) is 4.13. The predicted molar refractivity (Wildman–Crippen MR) is 94.3 cm³/mol. The monoisotopic (exact) mass is 417 g/mol. The zero-order valence-electron chi connectivity index (χ0n) is 11.1. The molecule has 0 atom stereocenters. The third kappa shape index (κ3) is 3.05. The lowest BCUT2D eigenvalue weighted by molar-refractivity contribution is 0.0966. The molecular weight excluding hydrogens is 410 g/mol. The number of benzene rings is 1. The molecule has 0 unspecified atom stereocenters. The molecule has 0 saturated heterocycles. The van der Waals surface area contributed by atoms with Gasteiger partial charge >= 0.3 is 0 Å². The molecule has 5 nitrogen and oxygen atoms in total. The number of anilines is 1. The summed E-state index contributed by atoms with van der Waals surface area (Å²) in [6.45, 7) is 0. The Bertz CT molecular complexity index is 849. The third-order valence-electron chi connectivity index (χ3n) is 2.76. The number of thiazole rings is 1. The SMILES string of the molecule is COc1ccc(Cl)c2sc(NNC(=O)c3ccc(Br)s3)nc12. The number of hydrogen-bond acceptors (Lipinski definition) is 6. The van der Waals surface area contributed by atoms with Crippen LogP contribution in [0.4, 0.5) is 5.13 Å². The molecule has 114 valence electrons. The summed E-state index contributed by atoms with van der Waals surface area (Å²) >= 11 is 12.2. The quantitative estimate of drug-likeness (QED) is 0.611. The van der Waals surface area contributed by atoms with Crippen LogP contribution in [0.2, 0.25) is 5.02 Å². The van der Waals surface area contributed by atoms with Gasteiger partial charge in [-0.2, -0.15) is 0 Å². The van der Waals surface area contributed by atoms with Crippen molar-refractivity contribution in [3.05, 3.63) is 38.0 Å². The summed E-state index contributed by atoms with van der Waals surface area (Å²) < 4.78 is 6.96. The van der Waals surface area contributed by atoms with Gasteiger partial charge in [-0.05, 0) is 40.2 Å². The minimum Gasteiger partial charge on any atom is -0.494 e. The maximum absolute atomic E-state index is 12.0. The summed E-state index contributed by atoms with van der Waals surface area (Å²) in [5, 5.41) is 1.13. The molecule has 0 radical (unpaired) electrons. The van der Waals surface area contributed by atoms with Gasteiger partial charge in [0.2, 0.25) is 5.13 Å². The molecule has 0 saturated carbocycles. The largest absolute Gasteiger partial charge is 0.494 e. The molecule has 9 heteroatoms. The molecule has 0 aliphatic heterocycles. The molecule has 0 bridgehead atoms. The van der Waals surface area contributed by atoms with Gasteiger partial charge in [-0.1, -0.05) is 22.9 Å². The first kappa shape index (κ1) is 15.5. The molecule has 2 aromatic heterocycles. The molecule has 2 N–H and O–H groups in total. The minimum atomic E-state index is -0.229. The number of methoxy groups -OCH3 is 1. The molecule has 0 aliphatic rings. The van der Waals surface area contributed by atoms with Crippen molar-refractivity contribution in [2.45, 2.75) is 0 Å². The molecule has 0 aliphatic carbocycles. The lowest BCUT2D eigenvalue weighted by Gasteiger charge is -2.03. The number of amides is 1. The lowest BCUT2D eigenvalue weighted by atomic mass is 10.3. The van der Waals surface area contributed by atoms with Crippen molar-refractivity contribution >= 4 is 71.5 Å². The van der Waals surface area contributed by atoms with Crippen LogP contribution >= 0.6 is 50.2 Å². The highest BCUT2D eigenvalue weighted by Crippen LogP contribution is 2.37. The first-order valence-corrected chi connectivity index (χ1v) is 8.83. The van der Waals surface area contributed by atoms with Gasteiger partial charge in [-0.15, -0.1) is 11.3 Å². The highest BCUT2D eigenvalue weighted by molar-refractivity contribution is 9.11. The molecule has 2 heterocycles. The number of carbonyl (C=O) groups excluding carboxylic acids is 1. The number of nitrogens with one attached hydrogen (secondary N) is 2. The van der Waals surface area contributed by atoms with Gasteiger partial charge in [0.15, 0.2) is 0 Å². The van der Waals surface area contributed by atoms with Crippen LogP contribution in [0.25, 0.3) is 10.2 Å². The van der Waals surface area contributed by atoms with Crippen LogP contribution in [-0.2, 0) is 0 Å². The van der Waals surface area contributed by atoms with Crippen LogP contribution < -0.4 is 15.6 Å². The zero-order chi connectivity index (χ0) is 15.7. The minimum absolute atomic E-state index is 0.229. The molecule has 22 heavy (non-hydrogen) atoms. The van der Waals surface area contributed by atoms with Crippen LogP contribution in [0.5, 0.6) is 5.75 Å². The fourth-order valence-corrected chi connectivity index (χ4v) is 4.17. The number of carbonyl (C=O) groups is 1. The highest BCUT2D eigenvalue weighted by atomic mass is 79.9. The Morgan fingerprint density at radius 1 is 1.32 bits per heavy atom. The summed E-state index contributed by atoms with van der Waals surface area (Å²) in [4.78, 5) is 17.0. The number of aromatic nitrogens is 1. The van der Waals surface area contributed by atoms with E-state index in [0.717, 1.165) is 8.49 Å². The number of hydrazine groups is 1. The number of halogens is 2. The third-order valence-corrected chi connectivity index (χ3v) is 5.81. The summed E-state index contributed by atoms with van der Waals surface area (Å²) in [5.74, 6) is 0.408. The van der Waals surface area contributed by atoms with Gasteiger partial charge in [0.1, 0.15) is 11.3 Å². The normalized spacial score (nSPS) is 10.7. The molecule has 0 fully saturated rings. The van der Waals surface area contributed by atoms with E-state index in [2.05, 4.69) is 31.8 Å². The number of fused-ring (bicyclic) bond motifs is 1. The van der Waals surface area contributed by atoms with Crippen LogP contribution in [0.1, 0.15) is 9.67 Å². The van der Waals surface area contributed by atoms with Crippen LogP contribution in [0, 0.1) is 0 Å². The summed E-state index contributed by atoms with van der Waals surface area (Å²) in [7, 11) is 1.57. The van der Waals surface area contributed by atoms with Gasteiger partial charge in [-0.25, -0.2) is 4.98 Å². The Labute approximate surface area is 147 Å². The van der Waals surface area contributed by atoms with E-state index in [9.17, 15) is 4.79 Å². The first-order valence-electron chi connectivity index (χ1n) is 6.03. The van der Waals surface area contributed by atoms with E-state index in [-0.39, 0.29) is 5.91 Å². The molecule has 3 aromatic rings. The predicted octanol–water partition coefficient (Wildman–Crippen LogP) is 4.54. The van der Waals surface area contributed by atoms with E-state index in [4.69, 9.17) is 16.3 Å². The highest BCUT2D eigenvalue weighted by Gasteiger charge is 2.13. The fourth-order valence-electron chi connectivity index (χ4n) is 1.78. The summed E-state index contributed by atoms with van der Waals surface area (Å²) in [6, 6.07) is 7.08. The van der Waals surface area contributed by atoms with Gasteiger partial charge < -0.3 is 4.74 Å². The maximum Gasteiger partial charge on any atom is 0.279 e. The van der Waals surface area contributed by atoms with E-state index in [1.165, 1.54) is 22.7 Å². The number of ether oxygens (including phenoxy) is 1.